The SMILES string of the molecule is Nc1c(Cl)noc1C1CCCC1. The van der Waals surface area contributed by atoms with Gasteiger partial charge in [-0.3, -0.25) is 0 Å². The number of nitrogens with zero attached hydrogens (tertiary/aromatic N) is 1. The molecule has 0 atom stereocenters. The zero-order valence-corrected chi connectivity index (χ0v) is 7.47. The van der Waals surface area contributed by atoms with Crippen LogP contribution < -0.4 is 5.73 Å². The molecule has 1 aliphatic carbocycles. The van der Waals surface area contributed by atoms with Crippen LogP contribution in [-0.2, 0) is 0 Å². The van der Waals surface area contributed by atoms with Crippen LogP contribution in [0.25, 0.3) is 0 Å². The summed E-state index contributed by atoms with van der Waals surface area (Å²) in [5.41, 5.74) is 6.23. The fourth-order valence-corrected chi connectivity index (χ4v) is 1.90. The Balaban J connectivity index is 2.26. The van der Waals surface area contributed by atoms with Crippen molar-refractivity contribution in [2.24, 2.45) is 0 Å². The molecule has 0 aliphatic heterocycles. The van der Waals surface area contributed by atoms with Gasteiger partial charge in [0.25, 0.3) is 0 Å². The third-order valence-corrected chi connectivity index (χ3v) is 2.71. The number of anilines is 1. The van der Waals surface area contributed by atoms with Gasteiger partial charge >= 0.3 is 0 Å². The zero-order valence-electron chi connectivity index (χ0n) is 6.72. The van der Waals surface area contributed by atoms with E-state index in [0.717, 1.165) is 18.6 Å². The maximum absolute atomic E-state index is 5.69. The lowest BCUT2D eigenvalue weighted by Gasteiger charge is -2.03. The predicted octanol–water partition coefficient (Wildman–Crippen LogP) is 2.57. The van der Waals surface area contributed by atoms with E-state index < -0.39 is 0 Å². The monoisotopic (exact) mass is 186 g/mol. The summed E-state index contributed by atoms with van der Waals surface area (Å²) in [5, 5.41) is 3.93. The maximum Gasteiger partial charge on any atom is 0.195 e. The quantitative estimate of drug-likeness (QED) is 0.734. The Morgan fingerprint density at radius 1 is 1.42 bits per heavy atom. The van der Waals surface area contributed by atoms with Crippen molar-refractivity contribution >= 4 is 17.3 Å². The molecule has 0 radical (unpaired) electrons. The highest BCUT2D eigenvalue weighted by Gasteiger charge is 2.24. The van der Waals surface area contributed by atoms with Crippen LogP contribution >= 0.6 is 11.6 Å². The van der Waals surface area contributed by atoms with E-state index in [2.05, 4.69) is 5.16 Å². The molecule has 0 saturated heterocycles. The summed E-state index contributed by atoms with van der Waals surface area (Å²) in [6, 6.07) is 0. The number of nitrogen functional groups attached to an aromatic ring is 1. The molecule has 12 heavy (non-hydrogen) atoms. The van der Waals surface area contributed by atoms with Crippen molar-refractivity contribution in [3.63, 3.8) is 0 Å². The molecular formula is C8H11ClN2O. The van der Waals surface area contributed by atoms with Gasteiger partial charge < -0.3 is 10.3 Å². The molecule has 0 aromatic carbocycles. The second kappa shape index (κ2) is 2.98. The van der Waals surface area contributed by atoms with E-state index in [0.29, 0.717) is 16.8 Å². The molecule has 0 bridgehead atoms. The number of rotatable bonds is 1. The molecule has 0 spiro atoms. The van der Waals surface area contributed by atoms with Crippen molar-refractivity contribution in [1.82, 2.24) is 5.16 Å². The standard InChI is InChI=1S/C8H11ClN2O/c9-8-6(10)7(12-11-8)5-3-1-2-4-5/h5H,1-4,10H2. The van der Waals surface area contributed by atoms with Gasteiger partial charge in [-0.1, -0.05) is 29.6 Å². The van der Waals surface area contributed by atoms with E-state index in [9.17, 15) is 0 Å². The average molecular weight is 187 g/mol. The van der Waals surface area contributed by atoms with Crippen LogP contribution in [0.5, 0.6) is 0 Å². The van der Waals surface area contributed by atoms with Crippen LogP contribution in [0.3, 0.4) is 0 Å². The summed E-state index contributed by atoms with van der Waals surface area (Å²) in [6.45, 7) is 0. The van der Waals surface area contributed by atoms with E-state index >= 15 is 0 Å². The minimum absolute atomic E-state index is 0.303. The molecule has 66 valence electrons. The molecule has 0 amide bonds. The molecule has 1 fully saturated rings. The van der Waals surface area contributed by atoms with E-state index in [4.69, 9.17) is 21.9 Å². The van der Waals surface area contributed by atoms with Crippen molar-refractivity contribution in [3.8, 4) is 0 Å². The first-order valence-corrected chi connectivity index (χ1v) is 4.57. The fraction of sp³-hybridized carbons (Fsp3) is 0.625. The van der Waals surface area contributed by atoms with Crippen LogP contribution in [0, 0.1) is 0 Å². The summed E-state index contributed by atoms with van der Waals surface area (Å²) in [5.74, 6) is 1.24. The number of hydrogen-bond donors (Lipinski definition) is 1. The van der Waals surface area contributed by atoms with Gasteiger partial charge in [0, 0.05) is 5.92 Å². The van der Waals surface area contributed by atoms with Gasteiger partial charge in [-0.2, -0.15) is 0 Å². The van der Waals surface area contributed by atoms with Crippen LogP contribution in [0.1, 0.15) is 37.4 Å². The molecule has 1 aromatic heterocycles. The largest absolute Gasteiger partial charge is 0.393 e. The summed E-state index contributed by atoms with van der Waals surface area (Å²) in [4.78, 5) is 0. The third kappa shape index (κ3) is 1.18. The van der Waals surface area contributed by atoms with Gasteiger partial charge in [0.1, 0.15) is 5.69 Å². The number of aromatic nitrogens is 1. The lowest BCUT2D eigenvalue weighted by Crippen LogP contribution is -1.95. The van der Waals surface area contributed by atoms with Gasteiger partial charge in [-0.05, 0) is 12.8 Å². The van der Waals surface area contributed by atoms with Crippen LogP contribution in [0.4, 0.5) is 5.69 Å². The highest BCUT2D eigenvalue weighted by molar-refractivity contribution is 6.31. The van der Waals surface area contributed by atoms with Crippen LogP contribution in [-0.4, -0.2) is 5.16 Å². The third-order valence-electron chi connectivity index (χ3n) is 2.44. The fourth-order valence-electron chi connectivity index (χ4n) is 1.77. The van der Waals surface area contributed by atoms with Crippen molar-refractivity contribution in [3.05, 3.63) is 10.9 Å². The second-order valence-electron chi connectivity index (χ2n) is 3.23. The molecular weight excluding hydrogens is 176 g/mol. The Labute approximate surface area is 75.9 Å². The Kier molecular flexibility index (Phi) is 1.97. The molecule has 1 aromatic rings. The Bertz CT molecular complexity index is 279. The molecule has 4 heteroatoms. The molecule has 3 nitrogen and oxygen atoms in total. The van der Waals surface area contributed by atoms with Crippen molar-refractivity contribution in [2.45, 2.75) is 31.6 Å². The normalized spacial score (nSPS) is 18.8. The number of nitrogens with two attached hydrogens (primary N) is 1. The minimum atomic E-state index is 0.303. The first-order valence-electron chi connectivity index (χ1n) is 4.19. The highest BCUT2D eigenvalue weighted by Crippen LogP contribution is 2.38. The summed E-state index contributed by atoms with van der Waals surface area (Å²) >= 11 is 5.68. The van der Waals surface area contributed by atoms with E-state index in [1.54, 1.807) is 0 Å². The molecule has 2 rings (SSSR count). The lowest BCUT2D eigenvalue weighted by molar-refractivity contribution is 0.362. The van der Waals surface area contributed by atoms with E-state index in [1.807, 2.05) is 0 Å². The summed E-state index contributed by atoms with van der Waals surface area (Å²) in [7, 11) is 0. The molecule has 0 unspecified atom stereocenters. The van der Waals surface area contributed by atoms with Crippen LogP contribution in [0.2, 0.25) is 5.15 Å². The van der Waals surface area contributed by atoms with E-state index in [-0.39, 0.29) is 0 Å². The minimum Gasteiger partial charge on any atom is -0.393 e. The number of hydrogen-bond acceptors (Lipinski definition) is 3. The highest BCUT2D eigenvalue weighted by atomic mass is 35.5. The van der Waals surface area contributed by atoms with Gasteiger partial charge in [0.05, 0.1) is 0 Å². The van der Waals surface area contributed by atoms with Crippen molar-refractivity contribution in [1.29, 1.82) is 0 Å². The first-order chi connectivity index (χ1) is 5.79. The number of halogens is 1. The Hall–Kier alpha value is -0.700. The van der Waals surface area contributed by atoms with Gasteiger partial charge in [0.15, 0.2) is 10.9 Å². The Morgan fingerprint density at radius 2 is 2.08 bits per heavy atom. The molecule has 1 aliphatic rings. The molecule has 2 N–H and O–H groups in total. The second-order valence-corrected chi connectivity index (χ2v) is 3.59. The van der Waals surface area contributed by atoms with Gasteiger partial charge in [0.2, 0.25) is 0 Å². The molecule has 1 heterocycles. The van der Waals surface area contributed by atoms with Crippen molar-refractivity contribution < 1.29 is 4.52 Å². The summed E-state index contributed by atoms with van der Waals surface area (Å²) in [6.07, 6.45) is 4.80. The van der Waals surface area contributed by atoms with Crippen LogP contribution in [0.15, 0.2) is 4.52 Å². The Morgan fingerprint density at radius 3 is 2.58 bits per heavy atom. The zero-order chi connectivity index (χ0) is 8.55. The van der Waals surface area contributed by atoms with Crippen molar-refractivity contribution in [2.75, 3.05) is 5.73 Å². The maximum atomic E-state index is 5.69. The van der Waals surface area contributed by atoms with Gasteiger partial charge in [-0.25, -0.2) is 0 Å². The van der Waals surface area contributed by atoms with E-state index in [1.165, 1.54) is 12.8 Å². The predicted molar refractivity (Wildman–Crippen MR) is 47.1 cm³/mol. The smallest absolute Gasteiger partial charge is 0.195 e. The average Bonchev–Trinajstić information content (AvgIpc) is 2.64. The molecule has 1 saturated carbocycles. The topological polar surface area (TPSA) is 52.0 Å². The summed E-state index contributed by atoms with van der Waals surface area (Å²) < 4.78 is 5.07. The lowest BCUT2D eigenvalue weighted by atomic mass is 10.0. The van der Waals surface area contributed by atoms with Gasteiger partial charge in [-0.15, -0.1) is 0 Å². The first kappa shape index (κ1) is 7.92.